The number of carboxylic acids is 1. The van der Waals surface area contributed by atoms with Crippen LogP contribution < -0.4 is 14.2 Å². The summed E-state index contributed by atoms with van der Waals surface area (Å²) in [4.78, 5) is 15.5. The van der Waals surface area contributed by atoms with Crippen molar-refractivity contribution < 1.29 is 28.5 Å². The van der Waals surface area contributed by atoms with Gasteiger partial charge in [-0.15, -0.1) is 0 Å². The summed E-state index contributed by atoms with van der Waals surface area (Å²) in [5.74, 6) is -1.44. The van der Waals surface area contributed by atoms with Crippen LogP contribution in [0, 0.1) is 5.82 Å². The van der Waals surface area contributed by atoms with Crippen molar-refractivity contribution in [3.8, 4) is 34.3 Å². The number of aromatic nitrogens is 1. The molecule has 0 fully saturated rings. The third kappa shape index (κ3) is 4.83. The van der Waals surface area contributed by atoms with Gasteiger partial charge in [-0.05, 0) is 30.3 Å². The van der Waals surface area contributed by atoms with E-state index < -0.39 is 17.3 Å². The summed E-state index contributed by atoms with van der Waals surface area (Å²) in [6.07, 6.45) is 1.52. The summed E-state index contributed by atoms with van der Waals surface area (Å²) in [5, 5.41) is 9.73. The summed E-state index contributed by atoms with van der Waals surface area (Å²) >= 11 is 5.96. The molecule has 29 heavy (non-hydrogen) atoms. The molecule has 0 atom stereocenters. The Bertz CT molecular complexity index is 1050. The molecule has 0 amide bonds. The number of pyridine rings is 1. The zero-order valence-corrected chi connectivity index (χ0v) is 15.7. The second-order valence-electron chi connectivity index (χ2n) is 5.59. The second kappa shape index (κ2) is 9.66. The number of halogens is 2. The Labute approximate surface area is 183 Å². The number of benzene rings is 2. The van der Waals surface area contributed by atoms with E-state index in [0.29, 0.717) is 21.9 Å². The van der Waals surface area contributed by atoms with Crippen LogP contribution in [0.1, 0.15) is 10.4 Å². The van der Waals surface area contributed by atoms with E-state index >= 15 is 0 Å². The SMILES string of the molecule is COc1cc(Cl)ccc1Oc1cc(F)c(C(=O)O)cc1-c1cccnc1OC.[LiH]. The monoisotopic (exact) mass is 411 g/mol. The average Bonchev–Trinajstić information content (AvgIpc) is 2.69. The Morgan fingerprint density at radius 2 is 1.79 bits per heavy atom. The first-order valence-electron chi connectivity index (χ1n) is 8.02. The van der Waals surface area contributed by atoms with Crippen LogP contribution in [0.3, 0.4) is 0 Å². The van der Waals surface area contributed by atoms with Crippen molar-refractivity contribution in [3.63, 3.8) is 0 Å². The first kappa shape index (κ1) is 22.6. The van der Waals surface area contributed by atoms with Gasteiger partial charge in [0, 0.05) is 34.5 Å². The molecule has 0 spiro atoms. The van der Waals surface area contributed by atoms with Gasteiger partial charge >= 0.3 is 24.8 Å². The van der Waals surface area contributed by atoms with Crippen LogP contribution in [-0.2, 0) is 0 Å². The maximum atomic E-state index is 14.4. The summed E-state index contributed by atoms with van der Waals surface area (Å²) in [6.45, 7) is 0. The zero-order valence-electron chi connectivity index (χ0n) is 14.9. The third-order valence-electron chi connectivity index (χ3n) is 3.90. The van der Waals surface area contributed by atoms with Crippen molar-refractivity contribution in [3.05, 3.63) is 65.1 Å². The molecule has 1 heterocycles. The minimum atomic E-state index is -1.41. The normalized spacial score (nSPS) is 10.1. The van der Waals surface area contributed by atoms with Crippen molar-refractivity contribution in [1.29, 1.82) is 0 Å². The van der Waals surface area contributed by atoms with Gasteiger partial charge in [0.05, 0.1) is 19.8 Å². The van der Waals surface area contributed by atoms with Crippen LogP contribution in [0.15, 0.2) is 48.7 Å². The van der Waals surface area contributed by atoms with E-state index in [1.54, 1.807) is 30.3 Å². The molecule has 9 heteroatoms. The number of carbonyl (C=O) groups is 1. The fourth-order valence-corrected chi connectivity index (χ4v) is 2.78. The van der Waals surface area contributed by atoms with Gasteiger partial charge < -0.3 is 19.3 Å². The van der Waals surface area contributed by atoms with Crippen molar-refractivity contribution in [2.45, 2.75) is 0 Å². The molecule has 3 rings (SSSR count). The summed E-state index contributed by atoms with van der Waals surface area (Å²) in [6, 6.07) is 10.2. The van der Waals surface area contributed by atoms with Gasteiger partial charge in [0.15, 0.2) is 11.5 Å². The molecule has 1 N–H and O–H groups in total. The van der Waals surface area contributed by atoms with Crippen LogP contribution in [-0.4, -0.2) is 49.1 Å². The molecular formula is C20H16ClFLiNO5. The van der Waals surface area contributed by atoms with Crippen LogP contribution >= 0.6 is 11.6 Å². The number of hydrogen-bond acceptors (Lipinski definition) is 5. The molecule has 146 valence electrons. The number of methoxy groups -OCH3 is 2. The summed E-state index contributed by atoms with van der Waals surface area (Å²) in [7, 11) is 2.87. The van der Waals surface area contributed by atoms with Gasteiger partial charge in [-0.1, -0.05) is 11.6 Å². The first-order chi connectivity index (χ1) is 13.4. The van der Waals surface area contributed by atoms with E-state index in [4.69, 9.17) is 25.8 Å². The van der Waals surface area contributed by atoms with E-state index in [1.807, 2.05) is 0 Å². The Morgan fingerprint density at radius 3 is 2.45 bits per heavy atom. The van der Waals surface area contributed by atoms with Gasteiger partial charge in [0.25, 0.3) is 0 Å². The Kier molecular flexibility index (Phi) is 7.51. The molecule has 3 aromatic rings. The molecule has 0 aliphatic rings. The fourth-order valence-electron chi connectivity index (χ4n) is 2.62. The standard InChI is InChI=1S/C20H15ClFNO5.Li.H/c1-26-18-8-11(21)5-6-16(18)28-17-10-15(22)14(20(24)25)9-13(17)12-4-3-7-23-19(12)27-2;;/h3-10H,1-2H3,(H,24,25);;. The van der Waals surface area contributed by atoms with E-state index in [0.717, 1.165) is 6.07 Å². The predicted octanol–water partition coefficient (Wildman–Crippen LogP) is 4.40. The van der Waals surface area contributed by atoms with Crippen molar-refractivity contribution in [2.24, 2.45) is 0 Å². The molecule has 0 bridgehead atoms. The fraction of sp³-hybridized carbons (Fsp3) is 0.100. The molecule has 0 saturated carbocycles. The Hall–Kier alpha value is -2.72. The van der Waals surface area contributed by atoms with Crippen LogP contribution in [0.4, 0.5) is 4.39 Å². The molecule has 2 aromatic carbocycles. The van der Waals surface area contributed by atoms with Crippen molar-refractivity contribution in [1.82, 2.24) is 4.98 Å². The van der Waals surface area contributed by atoms with E-state index in [2.05, 4.69) is 4.98 Å². The molecular weight excluding hydrogens is 396 g/mol. The number of nitrogens with zero attached hydrogens (tertiary/aromatic N) is 1. The van der Waals surface area contributed by atoms with Crippen LogP contribution in [0.25, 0.3) is 11.1 Å². The molecule has 1 aromatic heterocycles. The zero-order chi connectivity index (χ0) is 20.3. The Morgan fingerprint density at radius 1 is 1.03 bits per heavy atom. The second-order valence-corrected chi connectivity index (χ2v) is 6.03. The van der Waals surface area contributed by atoms with Gasteiger partial charge in [-0.25, -0.2) is 14.2 Å². The molecule has 0 saturated heterocycles. The Balaban J connectivity index is 0.00000300. The van der Waals surface area contributed by atoms with Crippen LogP contribution in [0.5, 0.6) is 23.1 Å². The number of ether oxygens (including phenoxy) is 3. The quantitative estimate of drug-likeness (QED) is 0.606. The van der Waals surface area contributed by atoms with Crippen molar-refractivity contribution in [2.75, 3.05) is 14.2 Å². The van der Waals surface area contributed by atoms with Gasteiger partial charge in [0.2, 0.25) is 5.88 Å². The number of aromatic carboxylic acids is 1. The maximum absolute atomic E-state index is 14.4. The minimum absolute atomic E-state index is 0. The molecule has 6 nitrogen and oxygen atoms in total. The first-order valence-corrected chi connectivity index (χ1v) is 8.40. The van der Waals surface area contributed by atoms with Gasteiger partial charge in [0.1, 0.15) is 11.6 Å². The molecule has 0 radical (unpaired) electrons. The molecule has 0 unspecified atom stereocenters. The number of carboxylic acid groups (broad SMARTS) is 1. The molecule has 0 aliphatic heterocycles. The van der Waals surface area contributed by atoms with Gasteiger partial charge in [-0.2, -0.15) is 0 Å². The molecule has 0 aliphatic carbocycles. The van der Waals surface area contributed by atoms with Crippen molar-refractivity contribution >= 4 is 36.4 Å². The van der Waals surface area contributed by atoms with E-state index in [9.17, 15) is 14.3 Å². The van der Waals surface area contributed by atoms with E-state index in [1.165, 1.54) is 26.5 Å². The average molecular weight is 412 g/mol. The predicted molar refractivity (Wildman–Crippen MR) is 108 cm³/mol. The number of hydrogen-bond donors (Lipinski definition) is 1. The topological polar surface area (TPSA) is 77.9 Å². The summed E-state index contributed by atoms with van der Waals surface area (Å²) in [5.41, 5.74) is 0.229. The van der Waals surface area contributed by atoms with Gasteiger partial charge in [-0.3, -0.25) is 0 Å². The summed E-state index contributed by atoms with van der Waals surface area (Å²) < 4.78 is 30.7. The number of rotatable bonds is 6. The van der Waals surface area contributed by atoms with Crippen LogP contribution in [0.2, 0.25) is 5.02 Å². The van der Waals surface area contributed by atoms with E-state index in [-0.39, 0.29) is 36.2 Å². The third-order valence-corrected chi connectivity index (χ3v) is 4.14.